The second-order valence-electron chi connectivity index (χ2n) is 5.56. The highest BCUT2D eigenvalue weighted by atomic mass is 35.5. The Bertz CT molecular complexity index is 522. The van der Waals surface area contributed by atoms with Crippen LogP contribution in [0.15, 0.2) is 24.3 Å². The third kappa shape index (κ3) is 5.31. The molecule has 22 heavy (non-hydrogen) atoms. The molecule has 0 radical (unpaired) electrons. The number of nitrogens with one attached hydrogen (secondary N) is 1. The first-order chi connectivity index (χ1) is 10.1. The summed E-state index contributed by atoms with van der Waals surface area (Å²) in [6, 6.07) is 7.40. The van der Waals surface area contributed by atoms with Gasteiger partial charge < -0.3 is 15.8 Å². The van der Waals surface area contributed by atoms with E-state index in [2.05, 4.69) is 10.1 Å². The minimum atomic E-state index is -0.296. The molecule has 0 heterocycles. The molecule has 1 aromatic carbocycles. The number of esters is 1. The lowest BCUT2D eigenvalue weighted by Crippen LogP contribution is -2.28. The lowest BCUT2D eigenvalue weighted by Gasteiger charge is -2.15. The standard InChI is InChI=1S/C16H22N2O3.ClH/c1-21-16(20)9-11-4-2-6-13(8-11)18-15(19)10-12-5-3-7-14(12)17;/h2,4,6,8,12,14H,3,5,7,9-10,17H2,1H3,(H,18,19);1H/t12-,14+;/m0./s1. The molecule has 0 aliphatic heterocycles. The number of amides is 1. The molecular weight excluding hydrogens is 304 g/mol. The smallest absolute Gasteiger partial charge is 0.309 e. The molecule has 5 nitrogen and oxygen atoms in total. The second-order valence-corrected chi connectivity index (χ2v) is 5.56. The van der Waals surface area contributed by atoms with Crippen LogP contribution in [0.4, 0.5) is 5.69 Å². The van der Waals surface area contributed by atoms with Crippen molar-refractivity contribution in [2.45, 2.75) is 38.1 Å². The molecule has 0 spiro atoms. The van der Waals surface area contributed by atoms with Crippen LogP contribution in [0.5, 0.6) is 0 Å². The monoisotopic (exact) mass is 326 g/mol. The summed E-state index contributed by atoms with van der Waals surface area (Å²) in [6.45, 7) is 0. The van der Waals surface area contributed by atoms with E-state index in [1.807, 2.05) is 18.2 Å². The van der Waals surface area contributed by atoms with Crippen LogP contribution >= 0.6 is 12.4 Å². The maximum Gasteiger partial charge on any atom is 0.309 e. The minimum absolute atomic E-state index is 0. The van der Waals surface area contributed by atoms with Crippen molar-refractivity contribution >= 4 is 30.0 Å². The zero-order chi connectivity index (χ0) is 15.2. The fraction of sp³-hybridized carbons (Fsp3) is 0.500. The first kappa shape index (κ1) is 18.5. The molecule has 0 bridgehead atoms. The van der Waals surface area contributed by atoms with E-state index in [1.54, 1.807) is 6.07 Å². The molecule has 0 saturated heterocycles. The predicted molar refractivity (Wildman–Crippen MR) is 88.0 cm³/mol. The summed E-state index contributed by atoms with van der Waals surface area (Å²) in [6.07, 6.45) is 3.80. The Morgan fingerprint density at radius 1 is 1.36 bits per heavy atom. The number of methoxy groups -OCH3 is 1. The molecule has 1 aromatic rings. The number of anilines is 1. The topological polar surface area (TPSA) is 81.4 Å². The summed E-state index contributed by atoms with van der Waals surface area (Å²) >= 11 is 0. The highest BCUT2D eigenvalue weighted by Gasteiger charge is 2.25. The maximum atomic E-state index is 12.0. The summed E-state index contributed by atoms with van der Waals surface area (Å²) < 4.78 is 4.64. The summed E-state index contributed by atoms with van der Waals surface area (Å²) in [5.74, 6) is -0.0359. The van der Waals surface area contributed by atoms with Crippen molar-refractivity contribution in [1.82, 2.24) is 0 Å². The number of halogens is 1. The fourth-order valence-corrected chi connectivity index (χ4v) is 2.77. The summed E-state index contributed by atoms with van der Waals surface area (Å²) in [5.41, 5.74) is 7.50. The Morgan fingerprint density at radius 2 is 2.14 bits per heavy atom. The van der Waals surface area contributed by atoms with Crippen LogP contribution in [-0.4, -0.2) is 25.0 Å². The van der Waals surface area contributed by atoms with Crippen LogP contribution in [0, 0.1) is 5.92 Å². The average molecular weight is 327 g/mol. The minimum Gasteiger partial charge on any atom is -0.469 e. The van der Waals surface area contributed by atoms with Gasteiger partial charge in [0.15, 0.2) is 0 Å². The molecule has 1 amide bonds. The van der Waals surface area contributed by atoms with Gasteiger partial charge in [-0.05, 0) is 36.5 Å². The molecule has 122 valence electrons. The number of hydrogen-bond donors (Lipinski definition) is 2. The zero-order valence-electron chi connectivity index (χ0n) is 12.7. The lowest BCUT2D eigenvalue weighted by molar-refractivity contribution is -0.139. The van der Waals surface area contributed by atoms with Gasteiger partial charge in [-0.25, -0.2) is 0 Å². The molecule has 3 N–H and O–H groups in total. The van der Waals surface area contributed by atoms with Gasteiger partial charge in [0.25, 0.3) is 0 Å². The number of carbonyl (C=O) groups excluding carboxylic acids is 2. The molecule has 1 saturated carbocycles. The van der Waals surface area contributed by atoms with Gasteiger partial charge in [-0.1, -0.05) is 18.6 Å². The average Bonchev–Trinajstić information content (AvgIpc) is 2.84. The Labute approximate surface area is 137 Å². The molecule has 0 aromatic heterocycles. The third-order valence-electron chi connectivity index (χ3n) is 3.95. The van der Waals surface area contributed by atoms with E-state index in [-0.39, 0.29) is 42.7 Å². The van der Waals surface area contributed by atoms with Gasteiger partial charge in [0.1, 0.15) is 0 Å². The van der Waals surface area contributed by atoms with E-state index in [1.165, 1.54) is 7.11 Å². The number of rotatable bonds is 5. The van der Waals surface area contributed by atoms with Gasteiger partial charge in [0, 0.05) is 18.2 Å². The number of benzene rings is 1. The Balaban J connectivity index is 0.00000242. The van der Waals surface area contributed by atoms with Crippen molar-refractivity contribution in [3.63, 3.8) is 0 Å². The lowest BCUT2D eigenvalue weighted by atomic mass is 10.00. The van der Waals surface area contributed by atoms with E-state index < -0.39 is 0 Å². The predicted octanol–water partition coefficient (Wildman–Crippen LogP) is 2.28. The fourth-order valence-electron chi connectivity index (χ4n) is 2.77. The van der Waals surface area contributed by atoms with Crippen molar-refractivity contribution in [2.75, 3.05) is 12.4 Å². The molecule has 0 unspecified atom stereocenters. The number of carbonyl (C=O) groups is 2. The SMILES string of the molecule is COC(=O)Cc1cccc(NC(=O)C[C@@H]2CCC[C@H]2N)c1.Cl. The van der Waals surface area contributed by atoms with Crippen molar-refractivity contribution in [3.8, 4) is 0 Å². The van der Waals surface area contributed by atoms with Gasteiger partial charge in [-0.2, -0.15) is 0 Å². The molecule has 1 aliphatic carbocycles. The van der Waals surface area contributed by atoms with Gasteiger partial charge in [0.05, 0.1) is 13.5 Å². The first-order valence-electron chi connectivity index (χ1n) is 7.29. The van der Waals surface area contributed by atoms with Crippen LogP contribution in [0.2, 0.25) is 0 Å². The Hall–Kier alpha value is -1.59. The van der Waals surface area contributed by atoms with Crippen molar-refractivity contribution in [3.05, 3.63) is 29.8 Å². The quantitative estimate of drug-likeness (QED) is 0.813. The van der Waals surface area contributed by atoms with Gasteiger partial charge >= 0.3 is 5.97 Å². The van der Waals surface area contributed by atoms with Crippen LogP contribution < -0.4 is 11.1 Å². The van der Waals surface area contributed by atoms with Gasteiger partial charge in [-0.3, -0.25) is 9.59 Å². The van der Waals surface area contributed by atoms with Crippen molar-refractivity contribution < 1.29 is 14.3 Å². The number of hydrogen-bond acceptors (Lipinski definition) is 4. The molecule has 1 aliphatic rings. The second kappa shape index (κ2) is 8.76. The highest BCUT2D eigenvalue weighted by Crippen LogP contribution is 2.27. The Kier molecular flexibility index (Phi) is 7.35. The maximum absolute atomic E-state index is 12.0. The van der Waals surface area contributed by atoms with Crippen molar-refractivity contribution in [1.29, 1.82) is 0 Å². The van der Waals surface area contributed by atoms with Crippen LogP contribution in [0.25, 0.3) is 0 Å². The molecule has 2 atom stereocenters. The molecule has 6 heteroatoms. The third-order valence-corrected chi connectivity index (χ3v) is 3.95. The largest absolute Gasteiger partial charge is 0.469 e. The molecule has 2 rings (SSSR count). The zero-order valence-corrected chi connectivity index (χ0v) is 13.5. The van der Waals surface area contributed by atoms with E-state index in [0.29, 0.717) is 12.1 Å². The van der Waals surface area contributed by atoms with Gasteiger partial charge in [0.2, 0.25) is 5.91 Å². The van der Waals surface area contributed by atoms with E-state index >= 15 is 0 Å². The van der Waals surface area contributed by atoms with E-state index in [4.69, 9.17) is 5.73 Å². The first-order valence-corrected chi connectivity index (χ1v) is 7.29. The van der Waals surface area contributed by atoms with Crippen LogP contribution in [0.1, 0.15) is 31.2 Å². The highest BCUT2D eigenvalue weighted by molar-refractivity contribution is 5.91. The van der Waals surface area contributed by atoms with E-state index in [9.17, 15) is 9.59 Å². The van der Waals surface area contributed by atoms with E-state index in [0.717, 1.165) is 24.8 Å². The molecular formula is C16H23ClN2O3. The van der Waals surface area contributed by atoms with Crippen molar-refractivity contribution in [2.24, 2.45) is 11.7 Å². The normalized spacial score (nSPS) is 20.1. The molecule has 1 fully saturated rings. The number of nitrogens with two attached hydrogens (primary N) is 1. The summed E-state index contributed by atoms with van der Waals surface area (Å²) in [7, 11) is 1.36. The van der Waals surface area contributed by atoms with Crippen LogP contribution in [-0.2, 0) is 20.7 Å². The number of ether oxygens (including phenoxy) is 1. The summed E-state index contributed by atoms with van der Waals surface area (Å²) in [5, 5.41) is 2.87. The van der Waals surface area contributed by atoms with Crippen LogP contribution in [0.3, 0.4) is 0 Å². The summed E-state index contributed by atoms with van der Waals surface area (Å²) in [4.78, 5) is 23.3. The Morgan fingerprint density at radius 3 is 2.77 bits per heavy atom. The van der Waals surface area contributed by atoms with Gasteiger partial charge in [-0.15, -0.1) is 12.4 Å².